The molecule has 2 aliphatic rings. The van der Waals surface area contributed by atoms with Gasteiger partial charge in [0.2, 0.25) is 5.91 Å². The zero-order valence-corrected chi connectivity index (χ0v) is 19.3. The van der Waals surface area contributed by atoms with Crippen LogP contribution in [0.4, 0.5) is 0 Å². The Hall–Kier alpha value is -3.61. The van der Waals surface area contributed by atoms with Crippen LogP contribution in [0.25, 0.3) is 10.9 Å². The minimum absolute atomic E-state index is 0.00348. The number of carbonyl (C=O) groups is 3. The summed E-state index contributed by atoms with van der Waals surface area (Å²) in [5.74, 6) is -0.522. The maximum Gasteiger partial charge on any atom is 0.338 e. The maximum absolute atomic E-state index is 13.1. The Morgan fingerprint density at radius 2 is 1.76 bits per heavy atom. The molecule has 1 atom stereocenters. The first kappa shape index (κ1) is 22.2. The van der Waals surface area contributed by atoms with Gasteiger partial charge in [0.25, 0.3) is 5.91 Å². The Morgan fingerprint density at radius 1 is 1.06 bits per heavy atom. The minimum atomic E-state index is -0.510. The molecular weight excluding hydrogens is 430 g/mol. The van der Waals surface area contributed by atoms with E-state index in [0.717, 1.165) is 31.2 Å². The van der Waals surface area contributed by atoms with Crippen molar-refractivity contribution in [2.24, 2.45) is 11.3 Å². The molecule has 2 amide bonds. The molecule has 1 aliphatic heterocycles. The monoisotopic (exact) mass is 459 g/mol. The van der Waals surface area contributed by atoms with Crippen molar-refractivity contribution in [3.8, 4) is 0 Å². The van der Waals surface area contributed by atoms with E-state index in [1.807, 2.05) is 18.3 Å². The van der Waals surface area contributed by atoms with Crippen molar-refractivity contribution in [1.29, 1.82) is 0 Å². The van der Waals surface area contributed by atoms with Gasteiger partial charge in [-0.1, -0.05) is 30.3 Å². The van der Waals surface area contributed by atoms with Crippen molar-refractivity contribution < 1.29 is 19.1 Å². The van der Waals surface area contributed by atoms with E-state index in [-0.39, 0.29) is 28.7 Å². The number of ether oxygens (including phenoxy) is 1. The number of amides is 2. The minimum Gasteiger partial charge on any atom is -0.465 e. The zero-order valence-electron chi connectivity index (χ0n) is 19.3. The lowest BCUT2D eigenvalue weighted by Gasteiger charge is -2.33. The molecular formula is C27H29N3O4. The second-order valence-corrected chi connectivity index (χ2v) is 9.35. The molecule has 3 aromatic rings. The van der Waals surface area contributed by atoms with Crippen LogP contribution in [-0.2, 0) is 16.0 Å². The number of nitrogens with one attached hydrogen (secondary N) is 2. The van der Waals surface area contributed by atoms with Crippen LogP contribution < -0.4 is 5.32 Å². The van der Waals surface area contributed by atoms with E-state index >= 15 is 0 Å². The number of nitrogens with zero attached hydrogens (tertiary/aromatic N) is 1. The van der Waals surface area contributed by atoms with Gasteiger partial charge in [-0.3, -0.25) is 9.59 Å². The predicted molar refractivity (Wildman–Crippen MR) is 128 cm³/mol. The molecule has 2 aromatic carbocycles. The lowest BCUT2D eigenvalue weighted by molar-refractivity contribution is -0.123. The molecule has 1 saturated heterocycles. The predicted octanol–water partition coefficient (Wildman–Crippen LogP) is 3.56. The van der Waals surface area contributed by atoms with E-state index in [2.05, 4.69) is 22.4 Å². The SMILES string of the molecule is COC(=O)c1ccccc1C(=O)N1CCC2(CC1)CC2C(=O)NCCc1c[nH]c2ccccc12. The molecule has 0 radical (unpaired) electrons. The number of aromatic nitrogens is 1. The summed E-state index contributed by atoms with van der Waals surface area (Å²) in [6.07, 6.45) is 5.30. The number of likely N-dealkylation sites (tertiary alicyclic amines) is 1. The molecule has 1 spiro atoms. The molecule has 2 heterocycles. The summed E-state index contributed by atoms with van der Waals surface area (Å²) in [4.78, 5) is 43.0. The molecule has 1 saturated carbocycles. The van der Waals surface area contributed by atoms with Crippen LogP contribution in [0.2, 0.25) is 0 Å². The fourth-order valence-corrected chi connectivity index (χ4v) is 5.34. The Kier molecular flexibility index (Phi) is 5.86. The van der Waals surface area contributed by atoms with Crippen molar-refractivity contribution >= 4 is 28.7 Å². The number of esters is 1. The summed E-state index contributed by atoms with van der Waals surface area (Å²) in [5.41, 5.74) is 2.98. The molecule has 0 bridgehead atoms. The second kappa shape index (κ2) is 8.97. The first-order valence-corrected chi connectivity index (χ1v) is 11.8. The van der Waals surface area contributed by atoms with Gasteiger partial charge in [-0.05, 0) is 54.9 Å². The molecule has 2 fully saturated rings. The fraction of sp³-hybridized carbons (Fsp3) is 0.370. The highest BCUT2D eigenvalue weighted by Gasteiger charge is 2.58. The van der Waals surface area contributed by atoms with Gasteiger partial charge in [0, 0.05) is 42.7 Å². The Balaban J connectivity index is 1.13. The molecule has 5 rings (SSSR count). The van der Waals surface area contributed by atoms with Gasteiger partial charge in [0.1, 0.15) is 0 Å². The number of carbonyl (C=O) groups excluding carboxylic acids is 3. The topological polar surface area (TPSA) is 91.5 Å². The molecule has 2 N–H and O–H groups in total. The lowest BCUT2D eigenvalue weighted by atomic mass is 9.90. The third-order valence-corrected chi connectivity index (χ3v) is 7.48. The molecule has 1 unspecified atom stereocenters. The number of aromatic amines is 1. The van der Waals surface area contributed by atoms with Crippen molar-refractivity contribution in [2.75, 3.05) is 26.7 Å². The van der Waals surface area contributed by atoms with Crippen molar-refractivity contribution in [3.63, 3.8) is 0 Å². The number of para-hydroxylation sites is 1. The fourth-order valence-electron chi connectivity index (χ4n) is 5.34. The molecule has 34 heavy (non-hydrogen) atoms. The van der Waals surface area contributed by atoms with Gasteiger partial charge in [-0.2, -0.15) is 0 Å². The van der Waals surface area contributed by atoms with Gasteiger partial charge in [-0.15, -0.1) is 0 Å². The van der Waals surface area contributed by atoms with Crippen LogP contribution >= 0.6 is 0 Å². The number of rotatable bonds is 6. The standard InChI is InChI=1S/C27H29N3O4/c1-34-26(33)21-8-3-2-7-20(21)25(32)30-14-11-27(12-15-30)16-22(27)24(31)28-13-10-18-17-29-23-9-5-4-6-19(18)23/h2-9,17,22,29H,10-16H2,1H3,(H,28,31). The smallest absolute Gasteiger partial charge is 0.338 e. The van der Waals surface area contributed by atoms with Crippen molar-refractivity contribution in [1.82, 2.24) is 15.2 Å². The highest BCUT2D eigenvalue weighted by Crippen LogP contribution is 2.59. The number of fused-ring (bicyclic) bond motifs is 1. The normalized spacial score (nSPS) is 18.6. The largest absolute Gasteiger partial charge is 0.465 e. The van der Waals surface area contributed by atoms with Gasteiger partial charge >= 0.3 is 5.97 Å². The molecule has 176 valence electrons. The summed E-state index contributed by atoms with van der Waals surface area (Å²) in [7, 11) is 1.31. The van der Waals surface area contributed by atoms with Crippen molar-refractivity contribution in [3.05, 3.63) is 71.4 Å². The first-order valence-electron chi connectivity index (χ1n) is 11.8. The van der Waals surface area contributed by atoms with Gasteiger partial charge in [-0.25, -0.2) is 4.79 Å². The number of hydrogen-bond acceptors (Lipinski definition) is 4. The zero-order chi connectivity index (χ0) is 23.7. The van der Waals surface area contributed by atoms with E-state index in [0.29, 0.717) is 25.2 Å². The number of methoxy groups -OCH3 is 1. The Morgan fingerprint density at radius 3 is 2.53 bits per heavy atom. The highest BCUT2D eigenvalue weighted by molar-refractivity contribution is 6.05. The first-order chi connectivity index (χ1) is 16.5. The Labute approximate surface area is 198 Å². The van der Waals surface area contributed by atoms with Crippen LogP contribution in [0, 0.1) is 11.3 Å². The molecule has 7 heteroatoms. The summed E-state index contributed by atoms with van der Waals surface area (Å²) < 4.78 is 4.82. The van der Waals surface area contributed by atoms with E-state index in [1.54, 1.807) is 29.2 Å². The maximum atomic E-state index is 13.1. The average molecular weight is 460 g/mol. The molecule has 7 nitrogen and oxygen atoms in total. The lowest BCUT2D eigenvalue weighted by Crippen LogP contribution is -2.41. The third kappa shape index (κ3) is 4.06. The Bertz CT molecular complexity index is 1240. The highest BCUT2D eigenvalue weighted by atomic mass is 16.5. The van der Waals surface area contributed by atoms with Crippen LogP contribution in [0.5, 0.6) is 0 Å². The van der Waals surface area contributed by atoms with Crippen LogP contribution in [0.15, 0.2) is 54.7 Å². The summed E-state index contributed by atoms with van der Waals surface area (Å²) in [6, 6.07) is 14.9. The summed E-state index contributed by atoms with van der Waals surface area (Å²) in [6.45, 7) is 1.79. The summed E-state index contributed by atoms with van der Waals surface area (Å²) in [5, 5.41) is 4.32. The number of benzene rings is 2. The van der Waals surface area contributed by atoms with E-state index in [9.17, 15) is 14.4 Å². The summed E-state index contributed by atoms with van der Waals surface area (Å²) >= 11 is 0. The quantitative estimate of drug-likeness (QED) is 0.552. The van der Waals surface area contributed by atoms with Crippen molar-refractivity contribution in [2.45, 2.75) is 25.7 Å². The average Bonchev–Trinajstić information content (AvgIpc) is 3.42. The second-order valence-electron chi connectivity index (χ2n) is 9.35. The number of hydrogen-bond donors (Lipinski definition) is 2. The van der Waals surface area contributed by atoms with Gasteiger partial charge in [0.15, 0.2) is 0 Å². The number of H-pyrrole nitrogens is 1. The van der Waals surface area contributed by atoms with E-state index < -0.39 is 5.97 Å². The van der Waals surface area contributed by atoms with Gasteiger partial charge in [0.05, 0.1) is 18.2 Å². The van der Waals surface area contributed by atoms with Gasteiger partial charge < -0.3 is 19.9 Å². The van der Waals surface area contributed by atoms with E-state index in [1.165, 1.54) is 18.1 Å². The number of piperidine rings is 1. The molecule has 1 aliphatic carbocycles. The van der Waals surface area contributed by atoms with Crippen LogP contribution in [0.3, 0.4) is 0 Å². The molecule has 1 aromatic heterocycles. The van der Waals surface area contributed by atoms with Crippen LogP contribution in [0.1, 0.15) is 45.5 Å². The van der Waals surface area contributed by atoms with Crippen LogP contribution in [-0.4, -0.2) is 54.4 Å². The van der Waals surface area contributed by atoms with E-state index in [4.69, 9.17) is 4.74 Å². The third-order valence-electron chi connectivity index (χ3n) is 7.48.